The molecule has 0 bridgehead atoms. The Labute approximate surface area is 380 Å². The first-order chi connectivity index (χ1) is 30.7. The third-order valence-electron chi connectivity index (χ3n) is 10.8. The number of nitriles is 2. The van der Waals surface area contributed by atoms with Crippen molar-refractivity contribution in [3.63, 3.8) is 0 Å². The summed E-state index contributed by atoms with van der Waals surface area (Å²) in [5.74, 6) is 1.10. The predicted molar refractivity (Wildman–Crippen MR) is 243 cm³/mol. The average molecular weight is 898 g/mol. The summed E-state index contributed by atoms with van der Waals surface area (Å²) in [6, 6.07) is 30.2. The van der Waals surface area contributed by atoms with Crippen LogP contribution in [0, 0.1) is 28.1 Å². The molecule has 0 spiro atoms. The molecule has 1 aliphatic heterocycles. The van der Waals surface area contributed by atoms with Gasteiger partial charge in [-0.25, -0.2) is 9.65 Å². The normalized spacial score (nSPS) is 18.2. The van der Waals surface area contributed by atoms with Crippen molar-refractivity contribution in [2.45, 2.75) is 123 Å². The molecule has 0 N–H and O–H groups in total. The molecule has 14 nitrogen and oxygen atoms in total. The Bertz CT molecular complexity index is 2060. The standard InChI is InChI=1S/C49H64N5O9P/c1-35(2)54(36(3)4)64(61-30-14-28-51)63-46-44(62-43(45(46)58-29-13-27-50)26-21-40-31-53(33-52-40)34-59-47(55)48(5,6)7)32-60-49(37-15-11-10-12-16-37,38-17-22-41(56-8)23-18-38)39-19-24-42(57-9)25-20-39/h10-12,15-20,22-25,31,33,35-36,43-46H,13-14,21,26,29-30,32,34H2,1-9H3/t43-,44+,45-,46+,64?/m0/s1. The highest BCUT2D eigenvalue weighted by Gasteiger charge is 2.50. The molecular weight excluding hydrogens is 834 g/mol. The van der Waals surface area contributed by atoms with E-state index in [0.717, 1.165) is 22.4 Å². The van der Waals surface area contributed by atoms with Crippen LogP contribution in [-0.4, -0.2) is 90.7 Å². The number of nitrogens with zero attached hydrogens (tertiary/aromatic N) is 5. The van der Waals surface area contributed by atoms with Crippen molar-refractivity contribution < 1.29 is 42.3 Å². The molecule has 0 radical (unpaired) electrons. The Hall–Kier alpha value is -4.89. The van der Waals surface area contributed by atoms with E-state index >= 15 is 0 Å². The fourth-order valence-electron chi connectivity index (χ4n) is 7.67. The Balaban J connectivity index is 1.57. The molecular formula is C49H64N5O9P. The zero-order chi connectivity index (χ0) is 46.3. The molecule has 5 atom stereocenters. The number of carbonyl (C=O) groups excluding carboxylic acids is 1. The second-order valence-corrected chi connectivity index (χ2v) is 18.5. The van der Waals surface area contributed by atoms with Crippen LogP contribution >= 0.6 is 8.53 Å². The first-order valence-electron chi connectivity index (χ1n) is 21.8. The third kappa shape index (κ3) is 12.9. The van der Waals surface area contributed by atoms with Crippen LogP contribution in [0.4, 0.5) is 0 Å². The Kier molecular flexibility index (Phi) is 18.7. The van der Waals surface area contributed by atoms with Crippen molar-refractivity contribution >= 4 is 14.5 Å². The van der Waals surface area contributed by atoms with E-state index in [2.05, 4.69) is 49.5 Å². The first kappa shape index (κ1) is 50.1. The second-order valence-electron chi connectivity index (χ2n) is 17.1. The highest BCUT2D eigenvalue weighted by Crippen LogP contribution is 2.50. The summed E-state index contributed by atoms with van der Waals surface area (Å²) in [6.45, 7) is 14.2. The summed E-state index contributed by atoms with van der Waals surface area (Å²) in [7, 11) is 1.52. The quantitative estimate of drug-likeness (QED) is 0.0284. The number of carbonyl (C=O) groups is 1. The van der Waals surface area contributed by atoms with Gasteiger partial charge in [0.15, 0.2) is 6.73 Å². The molecule has 15 heteroatoms. The van der Waals surface area contributed by atoms with E-state index in [1.165, 1.54) is 0 Å². The lowest BCUT2D eigenvalue weighted by molar-refractivity contribution is -0.156. The van der Waals surface area contributed by atoms with Crippen molar-refractivity contribution in [1.29, 1.82) is 10.5 Å². The van der Waals surface area contributed by atoms with Gasteiger partial charge in [-0.15, -0.1) is 0 Å². The van der Waals surface area contributed by atoms with E-state index in [0.29, 0.717) is 24.3 Å². The van der Waals surface area contributed by atoms with Crippen molar-refractivity contribution in [3.05, 3.63) is 114 Å². The molecule has 1 saturated heterocycles. The summed E-state index contributed by atoms with van der Waals surface area (Å²) in [5.41, 5.74) is 1.59. The van der Waals surface area contributed by atoms with Crippen LogP contribution in [0.1, 0.15) is 90.1 Å². The topological polar surface area (TPSA) is 160 Å². The summed E-state index contributed by atoms with van der Waals surface area (Å²) in [4.78, 5) is 17.1. The molecule has 0 aliphatic carbocycles. The Morgan fingerprint density at radius 3 is 1.95 bits per heavy atom. The number of hydrogen-bond acceptors (Lipinski definition) is 13. The molecule has 1 aromatic heterocycles. The number of benzene rings is 3. The molecule has 1 fully saturated rings. The van der Waals surface area contributed by atoms with Crippen LogP contribution in [0.5, 0.6) is 11.5 Å². The zero-order valence-electron chi connectivity index (χ0n) is 38.6. The molecule has 0 amide bonds. The number of hydrogen-bond donors (Lipinski definition) is 0. The van der Waals surface area contributed by atoms with E-state index in [1.54, 1.807) is 25.1 Å². The molecule has 1 aliphatic rings. The van der Waals surface area contributed by atoms with Crippen molar-refractivity contribution in [3.8, 4) is 23.6 Å². The fraction of sp³-hybridized carbons (Fsp3) is 0.510. The summed E-state index contributed by atoms with van der Waals surface area (Å²) in [5, 5.41) is 19.1. The summed E-state index contributed by atoms with van der Waals surface area (Å²) < 4.78 is 55.2. The van der Waals surface area contributed by atoms with Gasteiger partial charge in [-0.1, -0.05) is 54.6 Å². The minimum Gasteiger partial charge on any atom is -0.497 e. The number of esters is 1. The van der Waals surface area contributed by atoms with Gasteiger partial charge in [0, 0.05) is 18.3 Å². The highest BCUT2D eigenvalue weighted by atomic mass is 31.2. The number of aryl methyl sites for hydroxylation is 1. The lowest BCUT2D eigenvalue weighted by atomic mass is 9.80. The van der Waals surface area contributed by atoms with Crippen molar-refractivity contribution in [1.82, 2.24) is 14.2 Å². The van der Waals surface area contributed by atoms with Gasteiger partial charge in [0.2, 0.25) is 0 Å². The lowest BCUT2D eigenvalue weighted by Gasteiger charge is -2.39. The molecule has 5 rings (SSSR count). The predicted octanol–water partition coefficient (Wildman–Crippen LogP) is 9.12. The van der Waals surface area contributed by atoms with Crippen LogP contribution < -0.4 is 9.47 Å². The molecule has 344 valence electrons. The van der Waals surface area contributed by atoms with Crippen molar-refractivity contribution in [2.75, 3.05) is 34.0 Å². The molecule has 2 heterocycles. The highest BCUT2D eigenvalue weighted by molar-refractivity contribution is 7.44. The van der Waals surface area contributed by atoms with Gasteiger partial charge in [-0.3, -0.25) is 4.79 Å². The molecule has 3 aromatic carbocycles. The SMILES string of the molecule is COc1ccc(C(OC[C@H]2O[C@@H](CCc3cn(COC(=O)C(C)(C)C)cn3)[C@H](OCCC#N)[C@@H]2OP(OCCC#N)N(C(C)C)C(C)C)(c2ccccc2)c2ccc(OC)cc2)cc1. The van der Waals surface area contributed by atoms with Crippen LogP contribution in [-0.2, 0) is 51.5 Å². The fourth-order valence-corrected chi connectivity index (χ4v) is 9.43. The minimum atomic E-state index is -1.75. The number of imidazole rings is 1. The summed E-state index contributed by atoms with van der Waals surface area (Å²) >= 11 is 0. The van der Waals surface area contributed by atoms with E-state index in [1.807, 2.05) is 106 Å². The molecule has 1 unspecified atom stereocenters. The Morgan fingerprint density at radius 2 is 1.41 bits per heavy atom. The van der Waals surface area contributed by atoms with E-state index in [4.69, 9.17) is 37.5 Å². The maximum Gasteiger partial charge on any atom is 0.312 e. The van der Waals surface area contributed by atoms with Crippen molar-refractivity contribution in [2.24, 2.45) is 5.41 Å². The van der Waals surface area contributed by atoms with E-state index in [-0.39, 0.29) is 57.4 Å². The number of aromatic nitrogens is 2. The molecule has 0 saturated carbocycles. The number of methoxy groups -OCH3 is 2. The monoisotopic (exact) mass is 897 g/mol. The van der Waals surface area contributed by atoms with Crippen LogP contribution in [0.2, 0.25) is 0 Å². The first-order valence-corrected chi connectivity index (χ1v) is 22.9. The minimum absolute atomic E-state index is 0.0348. The molecule has 64 heavy (non-hydrogen) atoms. The number of rotatable bonds is 24. The average Bonchev–Trinajstić information content (AvgIpc) is 3.88. The Morgan fingerprint density at radius 1 is 0.828 bits per heavy atom. The van der Waals surface area contributed by atoms with Crippen LogP contribution in [0.15, 0.2) is 91.4 Å². The zero-order valence-corrected chi connectivity index (χ0v) is 39.5. The van der Waals surface area contributed by atoms with Crippen LogP contribution in [0.25, 0.3) is 0 Å². The van der Waals surface area contributed by atoms with E-state index < -0.39 is 44.0 Å². The van der Waals surface area contributed by atoms with Gasteiger partial charge < -0.3 is 42.0 Å². The maximum absolute atomic E-state index is 12.5. The van der Waals surface area contributed by atoms with Gasteiger partial charge in [-0.2, -0.15) is 10.5 Å². The van der Waals surface area contributed by atoms with Gasteiger partial charge in [0.1, 0.15) is 35.4 Å². The van der Waals surface area contributed by atoms with Gasteiger partial charge in [0.05, 0.1) is 82.6 Å². The number of ether oxygens (including phenoxy) is 6. The third-order valence-corrected chi connectivity index (χ3v) is 12.9. The lowest BCUT2D eigenvalue weighted by Crippen LogP contribution is -2.43. The maximum atomic E-state index is 12.5. The van der Waals surface area contributed by atoms with E-state index in [9.17, 15) is 15.3 Å². The van der Waals surface area contributed by atoms with Gasteiger partial charge in [-0.05, 0) is 102 Å². The van der Waals surface area contributed by atoms with Crippen LogP contribution in [0.3, 0.4) is 0 Å². The van der Waals surface area contributed by atoms with Gasteiger partial charge in [0.25, 0.3) is 8.53 Å². The summed E-state index contributed by atoms with van der Waals surface area (Å²) in [6.07, 6.45) is 2.26. The molecule has 4 aromatic rings. The van der Waals surface area contributed by atoms with Gasteiger partial charge >= 0.3 is 5.97 Å². The second kappa shape index (κ2) is 23.9. The largest absolute Gasteiger partial charge is 0.497 e. The smallest absolute Gasteiger partial charge is 0.312 e.